The Labute approximate surface area is 148 Å². The lowest BCUT2D eigenvalue weighted by Crippen LogP contribution is -2.45. The van der Waals surface area contributed by atoms with Crippen LogP contribution in [0, 0.1) is 5.92 Å². The Morgan fingerprint density at radius 2 is 1.96 bits per heavy atom. The molecule has 6 nitrogen and oxygen atoms in total. The largest absolute Gasteiger partial charge is 0.341 e. The van der Waals surface area contributed by atoms with Gasteiger partial charge in [-0.3, -0.25) is 14.5 Å². The highest BCUT2D eigenvalue weighted by molar-refractivity contribution is 6.09. The molecular weight excluding hydrogens is 318 g/mol. The Balaban J connectivity index is 1.72. The third-order valence-corrected chi connectivity index (χ3v) is 4.94. The van der Waals surface area contributed by atoms with Gasteiger partial charge in [-0.05, 0) is 37.7 Å². The Morgan fingerprint density at radius 1 is 1.28 bits per heavy atom. The number of hydrogen-bond acceptors (Lipinski definition) is 3. The smallest absolute Gasteiger partial charge is 0.325 e. The molecule has 2 fully saturated rings. The van der Waals surface area contributed by atoms with Crippen LogP contribution >= 0.6 is 0 Å². The van der Waals surface area contributed by atoms with Gasteiger partial charge >= 0.3 is 6.03 Å². The fraction of sp³-hybridized carbons (Fsp3) is 0.526. The quantitative estimate of drug-likeness (QED) is 0.771. The molecular formula is C19H25N3O3. The Bertz CT molecular complexity index is 672. The zero-order valence-corrected chi connectivity index (χ0v) is 14.8. The number of hydrogen-bond donors (Lipinski definition) is 1. The first-order chi connectivity index (χ1) is 12.0. The summed E-state index contributed by atoms with van der Waals surface area (Å²) in [7, 11) is 0. The molecule has 0 aromatic heterocycles. The van der Waals surface area contributed by atoms with Gasteiger partial charge in [-0.1, -0.05) is 37.3 Å². The van der Waals surface area contributed by atoms with Crippen molar-refractivity contribution in [3.05, 3.63) is 35.9 Å². The first-order valence-electron chi connectivity index (χ1n) is 8.93. The predicted octanol–water partition coefficient (Wildman–Crippen LogP) is 2.10. The summed E-state index contributed by atoms with van der Waals surface area (Å²) in [5.41, 5.74) is -0.406. The Hall–Kier alpha value is -2.37. The van der Waals surface area contributed by atoms with Crippen LogP contribution in [0.5, 0.6) is 0 Å². The molecule has 1 saturated carbocycles. The molecule has 3 rings (SSSR count). The van der Waals surface area contributed by atoms with E-state index in [2.05, 4.69) is 5.32 Å². The normalized spacial score (nSPS) is 22.9. The second-order valence-corrected chi connectivity index (χ2v) is 7.10. The fourth-order valence-electron chi connectivity index (χ4n) is 3.24. The van der Waals surface area contributed by atoms with Gasteiger partial charge < -0.3 is 10.2 Å². The van der Waals surface area contributed by atoms with Crippen molar-refractivity contribution in [1.82, 2.24) is 15.1 Å². The summed E-state index contributed by atoms with van der Waals surface area (Å²) in [6.07, 6.45) is 3.17. The molecule has 1 atom stereocenters. The number of benzene rings is 1. The molecule has 1 saturated heterocycles. The van der Waals surface area contributed by atoms with E-state index in [-0.39, 0.29) is 18.4 Å². The summed E-state index contributed by atoms with van der Waals surface area (Å²) in [4.78, 5) is 40.7. The van der Waals surface area contributed by atoms with E-state index in [0.29, 0.717) is 18.0 Å². The van der Waals surface area contributed by atoms with Gasteiger partial charge in [-0.2, -0.15) is 0 Å². The maximum Gasteiger partial charge on any atom is 0.325 e. The van der Waals surface area contributed by atoms with Crippen LogP contribution in [0.3, 0.4) is 0 Å². The number of carbonyl (C=O) groups excluding carboxylic acids is 3. The lowest BCUT2D eigenvalue weighted by Gasteiger charge is -2.25. The first kappa shape index (κ1) is 17.5. The third-order valence-electron chi connectivity index (χ3n) is 4.94. The predicted molar refractivity (Wildman–Crippen MR) is 93.6 cm³/mol. The lowest BCUT2D eigenvalue weighted by molar-refractivity contribution is -0.139. The molecule has 0 unspecified atom stereocenters. The maximum absolute atomic E-state index is 12.9. The van der Waals surface area contributed by atoms with E-state index in [1.54, 1.807) is 24.0 Å². The standard InChI is InChI=1S/C19H25N3O3/c1-3-11-21(12-14-9-10-14)16(23)13-22-17(24)19(2,20-18(22)25)15-7-5-4-6-8-15/h4-8,14H,3,9-13H2,1-2H3,(H,20,25)/t19-/m0/s1. The van der Waals surface area contributed by atoms with E-state index < -0.39 is 11.6 Å². The molecule has 0 bridgehead atoms. The van der Waals surface area contributed by atoms with E-state index in [4.69, 9.17) is 0 Å². The van der Waals surface area contributed by atoms with Gasteiger partial charge in [0.15, 0.2) is 0 Å². The number of nitrogens with zero attached hydrogens (tertiary/aromatic N) is 2. The number of rotatable bonds is 7. The zero-order valence-electron chi connectivity index (χ0n) is 14.8. The third kappa shape index (κ3) is 3.52. The minimum atomic E-state index is -1.12. The molecule has 1 aromatic rings. The minimum absolute atomic E-state index is 0.158. The molecule has 1 aliphatic carbocycles. The molecule has 6 heteroatoms. The average molecular weight is 343 g/mol. The zero-order chi connectivity index (χ0) is 18.0. The Morgan fingerprint density at radius 3 is 2.56 bits per heavy atom. The van der Waals surface area contributed by atoms with E-state index in [0.717, 1.165) is 30.7 Å². The van der Waals surface area contributed by atoms with Crippen molar-refractivity contribution in [3.8, 4) is 0 Å². The van der Waals surface area contributed by atoms with Crippen LogP contribution in [0.2, 0.25) is 0 Å². The molecule has 0 spiro atoms. The fourth-order valence-corrected chi connectivity index (χ4v) is 3.24. The summed E-state index contributed by atoms with van der Waals surface area (Å²) in [5, 5.41) is 2.74. The topological polar surface area (TPSA) is 69.7 Å². The van der Waals surface area contributed by atoms with Crippen molar-refractivity contribution in [2.75, 3.05) is 19.6 Å². The van der Waals surface area contributed by atoms with E-state index in [1.807, 2.05) is 25.1 Å². The first-order valence-corrected chi connectivity index (χ1v) is 8.93. The van der Waals surface area contributed by atoms with Crippen LogP contribution in [0.1, 0.15) is 38.7 Å². The molecule has 2 aliphatic rings. The highest BCUT2D eigenvalue weighted by Gasteiger charge is 2.49. The van der Waals surface area contributed by atoms with Crippen molar-refractivity contribution >= 4 is 17.8 Å². The summed E-state index contributed by atoms with van der Waals surface area (Å²) >= 11 is 0. The highest BCUT2D eigenvalue weighted by Crippen LogP contribution is 2.31. The molecule has 134 valence electrons. The van der Waals surface area contributed by atoms with Crippen molar-refractivity contribution in [3.63, 3.8) is 0 Å². The average Bonchev–Trinajstić information content (AvgIpc) is 3.39. The van der Waals surface area contributed by atoms with E-state index >= 15 is 0 Å². The van der Waals surface area contributed by atoms with Crippen LogP contribution in [0.4, 0.5) is 4.79 Å². The SMILES string of the molecule is CCCN(CC1CC1)C(=O)CN1C(=O)N[C@@](C)(c2ccccc2)C1=O. The molecule has 4 amide bonds. The van der Waals surface area contributed by atoms with Gasteiger partial charge in [0.05, 0.1) is 0 Å². The molecule has 1 heterocycles. The minimum Gasteiger partial charge on any atom is -0.341 e. The van der Waals surface area contributed by atoms with Gasteiger partial charge in [-0.15, -0.1) is 0 Å². The maximum atomic E-state index is 12.9. The highest BCUT2D eigenvalue weighted by atomic mass is 16.2. The van der Waals surface area contributed by atoms with E-state index in [1.165, 1.54) is 0 Å². The van der Waals surface area contributed by atoms with Crippen molar-refractivity contribution in [2.45, 2.75) is 38.6 Å². The van der Waals surface area contributed by atoms with Gasteiger partial charge in [-0.25, -0.2) is 4.79 Å². The number of carbonyl (C=O) groups is 3. The van der Waals surface area contributed by atoms with Crippen molar-refractivity contribution in [1.29, 1.82) is 0 Å². The summed E-state index contributed by atoms with van der Waals surface area (Å²) in [5.74, 6) is 0.0441. The monoisotopic (exact) mass is 343 g/mol. The van der Waals surface area contributed by atoms with Gasteiger partial charge in [0.1, 0.15) is 12.1 Å². The van der Waals surface area contributed by atoms with Gasteiger partial charge in [0, 0.05) is 13.1 Å². The number of urea groups is 1. The van der Waals surface area contributed by atoms with Crippen LogP contribution < -0.4 is 5.32 Å². The van der Waals surface area contributed by atoms with Crippen LogP contribution in [-0.2, 0) is 15.1 Å². The summed E-state index contributed by atoms with van der Waals surface area (Å²) in [6.45, 7) is 4.90. The van der Waals surface area contributed by atoms with Crippen molar-refractivity contribution < 1.29 is 14.4 Å². The lowest BCUT2D eigenvalue weighted by atomic mass is 9.92. The number of imide groups is 1. The van der Waals surface area contributed by atoms with Crippen LogP contribution in [-0.4, -0.2) is 47.3 Å². The second kappa shape index (κ2) is 6.86. The second-order valence-electron chi connectivity index (χ2n) is 7.10. The molecule has 1 aliphatic heterocycles. The van der Waals surface area contributed by atoms with Crippen LogP contribution in [0.15, 0.2) is 30.3 Å². The molecule has 1 N–H and O–H groups in total. The Kier molecular flexibility index (Phi) is 4.79. The van der Waals surface area contributed by atoms with Crippen LogP contribution in [0.25, 0.3) is 0 Å². The van der Waals surface area contributed by atoms with E-state index in [9.17, 15) is 14.4 Å². The number of amides is 4. The number of nitrogens with one attached hydrogen (secondary N) is 1. The molecule has 25 heavy (non-hydrogen) atoms. The summed E-state index contributed by atoms with van der Waals surface area (Å²) in [6, 6.07) is 8.61. The molecule has 0 radical (unpaired) electrons. The summed E-state index contributed by atoms with van der Waals surface area (Å²) < 4.78 is 0. The van der Waals surface area contributed by atoms with Crippen molar-refractivity contribution in [2.24, 2.45) is 5.92 Å². The van der Waals surface area contributed by atoms with Gasteiger partial charge in [0.2, 0.25) is 5.91 Å². The van der Waals surface area contributed by atoms with Gasteiger partial charge in [0.25, 0.3) is 5.91 Å². The molecule has 1 aromatic carbocycles.